The van der Waals surface area contributed by atoms with E-state index >= 15 is 0 Å². The zero-order chi connectivity index (χ0) is 25.3. The van der Waals surface area contributed by atoms with E-state index in [-0.39, 0.29) is 10.8 Å². The molecule has 0 bridgehead atoms. The molecule has 0 aliphatic rings. The van der Waals surface area contributed by atoms with Crippen molar-refractivity contribution in [1.29, 1.82) is 0 Å². The molecule has 4 aromatic carbocycles. The molecule has 0 aliphatic heterocycles. The van der Waals surface area contributed by atoms with Crippen molar-refractivity contribution in [2.45, 2.75) is 58.5 Å². The fourth-order valence-corrected chi connectivity index (χ4v) is 9.93. The maximum absolute atomic E-state index is 11.3. The van der Waals surface area contributed by atoms with Crippen LogP contribution < -0.4 is 15.9 Å². The molecule has 182 valence electrons. The van der Waals surface area contributed by atoms with E-state index in [4.69, 9.17) is 0 Å². The molecular weight excluding hydrogens is 443 g/mol. The number of benzene rings is 4. The third-order valence-corrected chi connectivity index (χ3v) is 12.0. The zero-order valence-corrected chi connectivity index (χ0v) is 23.0. The van der Waals surface area contributed by atoms with Gasteiger partial charge in [-0.05, 0) is 0 Å². The van der Waals surface area contributed by atoms with Crippen molar-refractivity contribution >= 4 is 23.2 Å². The van der Waals surface area contributed by atoms with E-state index in [1.54, 1.807) is 0 Å². The van der Waals surface area contributed by atoms with Crippen LogP contribution in [0.3, 0.4) is 0 Å². The van der Waals surface area contributed by atoms with Crippen LogP contribution in [0.4, 0.5) is 0 Å². The zero-order valence-electron chi connectivity index (χ0n) is 22.0. The summed E-state index contributed by atoms with van der Waals surface area (Å²) in [5, 5.41) is 15.6. The molecule has 4 aromatic rings. The minimum absolute atomic E-state index is 0.156. The second-order valence-electron chi connectivity index (χ2n) is 11.7. The molecule has 1 nitrogen and oxygen atoms in total. The quantitative estimate of drug-likeness (QED) is 0.298. The van der Waals surface area contributed by atoms with Crippen LogP contribution in [0.1, 0.15) is 58.2 Å². The van der Waals surface area contributed by atoms with Gasteiger partial charge in [0.2, 0.25) is 0 Å². The maximum atomic E-state index is 11.3. The summed E-state index contributed by atoms with van der Waals surface area (Å²) in [6, 6.07) is 37.7. The van der Waals surface area contributed by atoms with Crippen LogP contribution in [0.25, 0.3) is 0 Å². The van der Waals surface area contributed by atoms with Crippen LogP contribution in [0.15, 0.2) is 103 Å². The van der Waals surface area contributed by atoms with E-state index in [0.29, 0.717) is 5.75 Å². The third kappa shape index (κ3) is 5.07. The van der Waals surface area contributed by atoms with Gasteiger partial charge in [0.1, 0.15) is 0 Å². The number of hydrogen-bond donors (Lipinski definition) is 1. The topological polar surface area (TPSA) is 20.2 Å². The average Bonchev–Trinajstić information content (AvgIpc) is 2.83. The Morgan fingerprint density at radius 1 is 0.543 bits per heavy atom. The molecule has 1 N–H and O–H groups in total. The molecule has 0 spiro atoms. The first-order valence-electron chi connectivity index (χ1n) is 12.6. The fraction of sp³-hybridized carbons (Fsp3) is 0.273. The Hall–Kier alpha value is -2.89. The normalized spacial score (nSPS) is 13.0. The molecule has 0 atom stereocenters. The molecule has 0 saturated heterocycles. The predicted molar refractivity (Wildman–Crippen MR) is 156 cm³/mol. The first kappa shape index (κ1) is 25.2. The summed E-state index contributed by atoms with van der Waals surface area (Å²) in [5.74, 6) is 0.445. The molecule has 0 fully saturated rings. The Bertz CT molecular complexity index is 1130. The number of aromatic hydroxyl groups is 1. The van der Waals surface area contributed by atoms with Crippen LogP contribution in [-0.4, -0.2) is 5.11 Å². The summed E-state index contributed by atoms with van der Waals surface area (Å²) in [6.45, 7) is 13.1. The van der Waals surface area contributed by atoms with E-state index in [9.17, 15) is 5.11 Å². The Balaban J connectivity index is 2.05. The summed E-state index contributed by atoms with van der Waals surface area (Å²) in [7, 11) is -2.43. The molecule has 35 heavy (non-hydrogen) atoms. The van der Waals surface area contributed by atoms with Gasteiger partial charge in [-0.15, -0.1) is 0 Å². The van der Waals surface area contributed by atoms with E-state index in [1.807, 2.05) is 0 Å². The van der Waals surface area contributed by atoms with Crippen molar-refractivity contribution in [3.05, 3.63) is 120 Å². The Kier molecular flexibility index (Phi) is 6.94. The number of rotatable bonds is 5. The number of hydrogen-bond acceptors (Lipinski definition) is 1. The molecule has 0 heterocycles. The van der Waals surface area contributed by atoms with E-state index < -0.39 is 7.26 Å². The monoisotopic (exact) mass is 482 g/mol. The van der Waals surface area contributed by atoms with Crippen molar-refractivity contribution in [3.63, 3.8) is 0 Å². The summed E-state index contributed by atoms with van der Waals surface area (Å²) in [5.41, 5.74) is 3.03. The number of phenolic OH excluding ortho intramolecular Hbond substituents is 1. The summed E-state index contributed by atoms with van der Waals surface area (Å²) < 4.78 is 0. The second-order valence-corrected chi connectivity index (χ2v) is 15.6. The molecular formula is C33H39OP. The van der Waals surface area contributed by atoms with Gasteiger partial charge in [-0.2, -0.15) is 0 Å². The van der Waals surface area contributed by atoms with Gasteiger partial charge in [0, 0.05) is 0 Å². The number of phenols is 1. The first-order chi connectivity index (χ1) is 16.5. The minimum atomic E-state index is -2.43. The van der Waals surface area contributed by atoms with Crippen molar-refractivity contribution in [2.24, 2.45) is 0 Å². The third-order valence-electron chi connectivity index (χ3n) is 7.05. The van der Waals surface area contributed by atoms with Crippen molar-refractivity contribution < 1.29 is 5.11 Å². The van der Waals surface area contributed by atoms with Crippen LogP contribution in [-0.2, 0) is 17.0 Å². The van der Waals surface area contributed by atoms with Crippen molar-refractivity contribution in [3.8, 4) is 5.75 Å². The van der Waals surface area contributed by atoms with Crippen molar-refractivity contribution in [1.82, 2.24) is 0 Å². The van der Waals surface area contributed by atoms with Gasteiger partial charge in [0.25, 0.3) is 0 Å². The van der Waals surface area contributed by atoms with Gasteiger partial charge in [-0.25, -0.2) is 0 Å². The molecule has 0 aliphatic carbocycles. The Morgan fingerprint density at radius 2 is 0.857 bits per heavy atom. The average molecular weight is 483 g/mol. The molecule has 0 saturated carbocycles. The molecule has 0 radical (unpaired) electrons. The summed E-state index contributed by atoms with van der Waals surface area (Å²) in [6.07, 6.45) is 0.928. The standard InChI is InChI=1S/C33H39OP/c1-32(2,3)29-22-25(23-30(31(29)34)33(4,5)6)24-35(26-16-10-7-11-17-26,27-18-12-8-13-19-27)28-20-14-9-15-21-28/h7-23,34-35H,24H2,1-6H3. The van der Waals surface area contributed by atoms with Gasteiger partial charge < -0.3 is 0 Å². The Labute approximate surface area is 212 Å². The second kappa shape index (κ2) is 9.63. The summed E-state index contributed by atoms with van der Waals surface area (Å²) >= 11 is 0. The van der Waals surface area contributed by atoms with Gasteiger partial charge in [0.15, 0.2) is 0 Å². The summed E-state index contributed by atoms with van der Waals surface area (Å²) in [4.78, 5) is 0. The van der Waals surface area contributed by atoms with Crippen LogP contribution in [0, 0.1) is 0 Å². The predicted octanol–water partition coefficient (Wildman–Crippen LogP) is 7.21. The van der Waals surface area contributed by atoms with Crippen LogP contribution >= 0.6 is 7.26 Å². The SMILES string of the molecule is CC(C)(C)c1cc(C[PH](c2ccccc2)(c2ccccc2)c2ccccc2)cc(C(C)(C)C)c1O. The first-order valence-corrected chi connectivity index (χ1v) is 14.8. The molecule has 2 heteroatoms. The molecule has 4 rings (SSSR count). The van der Waals surface area contributed by atoms with Gasteiger partial charge in [-0.3, -0.25) is 0 Å². The van der Waals surface area contributed by atoms with E-state index in [1.165, 1.54) is 21.5 Å². The molecule has 0 unspecified atom stereocenters. The van der Waals surface area contributed by atoms with Gasteiger partial charge in [-0.1, -0.05) is 0 Å². The fourth-order valence-electron chi connectivity index (χ4n) is 5.22. The Morgan fingerprint density at radius 3 is 1.14 bits per heavy atom. The van der Waals surface area contributed by atoms with E-state index in [0.717, 1.165) is 17.3 Å². The molecule has 0 aromatic heterocycles. The van der Waals surface area contributed by atoms with Gasteiger partial charge in [0.05, 0.1) is 0 Å². The molecule has 0 amide bonds. The van der Waals surface area contributed by atoms with Gasteiger partial charge >= 0.3 is 212 Å². The van der Waals surface area contributed by atoms with Crippen LogP contribution in [0.5, 0.6) is 5.75 Å². The van der Waals surface area contributed by atoms with Crippen LogP contribution in [0.2, 0.25) is 0 Å². The van der Waals surface area contributed by atoms with Crippen molar-refractivity contribution in [2.75, 3.05) is 0 Å². The van der Waals surface area contributed by atoms with E-state index in [2.05, 4.69) is 145 Å².